The van der Waals surface area contributed by atoms with Gasteiger partial charge in [-0.3, -0.25) is 9.67 Å². The second-order valence-electron chi connectivity index (χ2n) is 12.4. The largest absolute Gasteiger partial charge is 2.00 e. The first-order valence-corrected chi connectivity index (χ1v) is 16.5. The van der Waals surface area contributed by atoms with E-state index in [1.54, 1.807) is 72.9 Å². The van der Waals surface area contributed by atoms with Crippen LogP contribution in [0.5, 0.6) is 0 Å². The molecule has 0 aliphatic heterocycles. The molecule has 54 heavy (non-hydrogen) atoms. The van der Waals surface area contributed by atoms with Crippen molar-refractivity contribution in [2.24, 2.45) is 7.05 Å². The number of halogens is 5. The van der Waals surface area contributed by atoms with Crippen LogP contribution in [0, 0.1) is 41.2 Å². The van der Waals surface area contributed by atoms with Crippen molar-refractivity contribution in [3.8, 4) is 56.4 Å². The Hall–Kier alpha value is -6.12. The van der Waals surface area contributed by atoms with Crippen LogP contribution < -0.4 is 0 Å². The zero-order chi connectivity index (χ0) is 36.4. The summed E-state index contributed by atoms with van der Waals surface area (Å²) in [7, 11) is 1.90. The quantitative estimate of drug-likeness (QED) is 0.0722. The normalized spacial score (nSPS) is 11.4. The second-order valence-corrected chi connectivity index (χ2v) is 12.4. The van der Waals surface area contributed by atoms with Gasteiger partial charge in [-0.2, -0.15) is 11.2 Å². The number of aromatic nitrogens is 5. The molecule has 0 saturated carbocycles. The van der Waals surface area contributed by atoms with E-state index in [-0.39, 0.29) is 38.0 Å². The van der Waals surface area contributed by atoms with Gasteiger partial charge in [0.15, 0.2) is 23.3 Å². The maximum absolute atomic E-state index is 15.8. The summed E-state index contributed by atoms with van der Waals surface area (Å²) in [5, 5.41) is 6.67. The smallest absolute Gasteiger partial charge is 0.373 e. The number of nitrogens with zero attached hydrogens (tertiary/aromatic N) is 5. The van der Waals surface area contributed by atoms with Crippen LogP contribution in [0.2, 0.25) is 0 Å². The van der Waals surface area contributed by atoms with Crippen molar-refractivity contribution in [2.45, 2.75) is 0 Å². The van der Waals surface area contributed by atoms with Gasteiger partial charge in [-0.1, -0.05) is 84.4 Å². The summed E-state index contributed by atoms with van der Waals surface area (Å²) in [4.78, 5) is 4.50. The van der Waals surface area contributed by atoms with E-state index in [4.69, 9.17) is 5.10 Å². The van der Waals surface area contributed by atoms with E-state index < -0.39 is 34.6 Å². The molecule has 9 aromatic rings. The maximum atomic E-state index is 15.8. The Morgan fingerprint density at radius 3 is 1.91 bits per heavy atom. The zero-order valence-corrected chi connectivity index (χ0v) is 30.3. The minimum Gasteiger partial charge on any atom is -0.373 e. The summed E-state index contributed by atoms with van der Waals surface area (Å²) in [5.74, 6) is -9.53. The van der Waals surface area contributed by atoms with Crippen LogP contribution >= 0.6 is 0 Å². The molecule has 3 aromatic heterocycles. The molecular weight excluding hydrogens is 877 g/mol. The van der Waals surface area contributed by atoms with Crippen LogP contribution in [-0.2, 0) is 28.1 Å². The Bertz CT molecular complexity index is 2830. The van der Waals surface area contributed by atoms with Crippen LogP contribution in [0.3, 0.4) is 0 Å². The number of hydrogen-bond acceptors (Lipinski definition) is 2. The van der Waals surface area contributed by atoms with Crippen molar-refractivity contribution in [3.05, 3.63) is 169 Å². The number of para-hydroxylation sites is 1. The molecule has 0 unspecified atom stereocenters. The van der Waals surface area contributed by atoms with Gasteiger partial charge in [0, 0.05) is 41.6 Å². The monoisotopic (exact) mass is 900 g/mol. The van der Waals surface area contributed by atoms with Crippen molar-refractivity contribution in [2.75, 3.05) is 0 Å². The fourth-order valence-electron chi connectivity index (χ4n) is 6.91. The summed E-state index contributed by atoms with van der Waals surface area (Å²) in [6.07, 6.45) is 3.57. The van der Waals surface area contributed by atoms with Crippen LogP contribution in [0.4, 0.5) is 22.0 Å². The first kappa shape index (κ1) is 34.9. The molecule has 3 heterocycles. The number of imidazole rings is 1. The number of rotatable bonds is 6. The van der Waals surface area contributed by atoms with Gasteiger partial charge in [0.1, 0.15) is 5.69 Å². The van der Waals surface area contributed by atoms with Crippen molar-refractivity contribution in [1.82, 2.24) is 23.9 Å². The summed E-state index contributed by atoms with van der Waals surface area (Å²) in [5.41, 5.74) is 2.95. The summed E-state index contributed by atoms with van der Waals surface area (Å²) in [6.45, 7) is 0. The third-order valence-electron chi connectivity index (χ3n) is 9.32. The summed E-state index contributed by atoms with van der Waals surface area (Å²) >= 11 is 0. The Balaban J connectivity index is 0.00000413. The fourth-order valence-corrected chi connectivity index (χ4v) is 6.91. The molecule has 0 aliphatic carbocycles. The van der Waals surface area contributed by atoms with E-state index in [2.05, 4.69) is 17.1 Å². The van der Waals surface area contributed by atoms with Gasteiger partial charge in [0.25, 0.3) is 0 Å². The second kappa shape index (κ2) is 13.7. The molecule has 5 nitrogen and oxygen atoms in total. The van der Waals surface area contributed by atoms with Gasteiger partial charge >= 0.3 is 21.1 Å². The molecule has 0 aliphatic rings. The standard InChI is InChI=1S/C43H24F5N5.Pt/c1-51-22-21-49-43(51)27-15-10-16-28(23-27)52-32-18-9-8-17-30(32)31-20-19-29(24-33(31)52)53-42(26-13-6-3-7-14-26)35(41(50-53)25-11-4-2-5-12-25)34-36(44)38(46)40(48)39(47)37(34)45;/h2-22H,1H3;/q-2;+2. The molecule has 0 fully saturated rings. The van der Waals surface area contributed by atoms with Crippen LogP contribution in [-0.4, -0.2) is 23.9 Å². The molecule has 9 rings (SSSR count). The Morgan fingerprint density at radius 1 is 0.574 bits per heavy atom. The van der Waals surface area contributed by atoms with E-state index >= 15 is 8.78 Å². The SMILES string of the molecule is Cn1ccnc1-c1[c-]c(-n2c3[c-]c(-n4nc(-c5ccccc5)c(-c5c(F)c(F)c(F)c(F)c5F)c4-c4ccccc4)ccc3c3ccccc32)ccc1.[Pt+2]. The number of benzene rings is 6. The van der Waals surface area contributed by atoms with E-state index in [9.17, 15) is 13.2 Å². The Morgan fingerprint density at radius 2 is 1.22 bits per heavy atom. The van der Waals surface area contributed by atoms with Crippen molar-refractivity contribution >= 4 is 21.8 Å². The van der Waals surface area contributed by atoms with Gasteiger partial charge in [-0.15, -0.1) is 47.3 Å². The van der Waals surface area contributed by atoms with E-state index in [0.717, 1.165) is 27.7 Å². The van der Waals surface area contributed by atoms with Gasteiger partial charge < -0.3 is 9.13 Å². The van der Waals surface area contributed by atoms with Gasteiger partial charge in [0.2, 0.25) is 5.82 Å². The Kier molecular flexibility index (Phi) is 8.86. The van der Waals surface area contributed by atoms with Crippen LogP contribution in [0.25, 0.3) is 78.2 Å². The average Bonchev–Trinajstić information content (AvgIpc) is 3.90. The molecular formula is C43H24F5N5Pt. The molecule has 266 valence electrons. The zero-order valence-electron chi connectivity index (χ0n) is 28.1. The average molecular weight is 901 g/mol. The minimum absolute atomic E-state index is 0. The van der Waals surface area contributed by atoms with E-state index in [1.165, 1.54) is 4.68 Å². The first-order chi connectivity index (χ1) is 25.8. The number of fused-ring (bicyclic) bond motifs is 3. The molecule has 0 N–H and O–H groups in total. The molecule has 0 saturated heterocycles. The molecule has 0 atom stereocenters. The van der Waals surface area contributed by atoms with E-state index in [0.29, 0.717) is 28.0 Å². The molecule has 0 radical (unpaired) electrons. The van der Waals surface area contributed by atoms with Gasteiger partial charge in [-0.05, 0) is 22.8 Å². The number of aryl methyl sites for hydroxylation is 1. The van der Waals surface area contributed by atoms with Crippen LogP contribution in [0.1, 0.15) is 0 Å². The first-order valence-electron chi connectivity index (χ1n) is 16.5. The molecule has 0 amide bonds. The van der Waals surface area contributed by atoms with E-state index in [1.807, 2.05) is 70.9 Å². The predicted octanol–water partition coefficient (Wildman–Crippen LogP) is 10.7. The molecule has 11 heteroatoms. The van der Waals surface area contributed by atoms with Gasteiger partial charge in [-0.25, -0.2) is 22.0 Å². The fraction of sp³-hybridized carbons (Fsp3) is 0.0233. The summed E-state index contributed by atoms with van der Waals surface area (Å²) < 4.78 is 81.2. The van der Waals surface area contributed by atoms with Gasteiger partial charge in [0.05, 0.1) is 17.1 Å². The third kappa shape index (κ3) is 5.48. The van der Waals surface area contributed by atoms with Crippen molar-refractivity contribution in [3.63, 3.8) is 0 Å². The number of hydrogen-bond donors (Lipinski definition) is 0. The Labute approximate surface area is 319 Å². The third-order valence-corrected chi connectivity index (χ3v) is 9.32. The minimum atomic E-state index is -2.24. The predicted molar refractivity (Wildman–Crippen MR) is 194 cm³/mol. The van der Waals surface area contributed by atoms with Crippen LogP contribution in [0.15, 0.2) is 128 Å². The van der Waals surface area contributed by atoms with Crippen molar-refractivity contribution in [1.29, 1.82) is 0 Å². The topological polar surface area (TPSA) is 40.6 Å². The molecule has 6 aromatic carbocycles. The maximum Gasteiger partial charge on any atom is 2.00 e. The molecule has 0 spiro atoms. The summed E-state index contributed by atoms with van der Waals surface area (Å²) in [6, 6.07) is 41.3. The molecule has 0 bridgehead atoms. The van der Waals surface area contributed by atoms with Crippen molar-refractivity contribution < 1.29 is 43.0 Å².